The number of carbonyl (C=O) groups excluding carboxylic acids is 2. The molecule has 1 aromatic carbocycles. The summed E-state index contributed by atoms with van der Waals surface area (Å²) in [6.07, 6.45) is 3.20. The lowest BCUT2D eigenvalue weighted by molar-refractivity contribution is -0.132. The van der Waals surface area contributed by atoms with Gasteiger partial charge in [-0.15, -0.1) is 11.3 Å². The Kier molecular flexibility index (Phi) is 4.10. The minimum atomic E-state index is -0.977. The van der Waals surface area contributed by atoms with Crippen molar-refractivity contribution in [1.82, 2.24) is 10.2 Å². The first-order valence-corrected chi connectivity index (χ1v) is 10.7. The van der Waals surface area contributed by atoms with Gasteiger partial charge in [-0.2, -0.15) is 0 Å². The Balaban J connectivity index is 1.55. The van der Waals surface area contributed by atoms with Crippen molar-refractivity contribution in [3.63, 3.8) is 0 Å². The molecule has 1 aliphatic carbocycles. The first kappa shape index (κ1) is 18.1. The molecule has 148 valence electrons. The van der Waals surface area contributed by atoms with Crippen LogP contribution in [0.5, 0.6) is 0 Å². The van der Waals surface area contributed by atoms with Gasteiger partial charge in [0.2, 0.25) is 0 Å². The lowest BCUT2D eigenvalue weighted by Gasteiger charge is -2.31. The predicted molar refractivity (Wildman–Crippen MR) is 110 cm³/mol. The minimum Gasteiger partial charge on any atom is -0.423 e. The standard InChI is InChI=1S/C22H20N2O4S/c1-2-13-5-6-15-14(11-19(25)28-17(15)10-13)12-24-20(26)22(23-21(24)27)8-3-4-18-16(22)7-9-29-18/h5-7,9-11H,2-4,8,12H2,1H3,(H,23,27)/t22-/m1/s1. The van der Waals surface area contributed by atoms with Crippen molar-refractivity contribution in [2.75, 3.05) is 0 Å². The number of imide groups is 1. The van der Waals surface area contributed by atoms with E-state index in [1.165, 1.54) is 11.0 Å². The number of nitrogens with zero attached hydrogens (tertiary/aromatic N) is 1. The van der Waals surface area contributed by atoms with E-state index in [1.807, 2.05) is 36.6 Å². The molecule has 1 N–H and O–H groups in total. The smallest absolute Gasteiger partial charge is 0.336 e. The molecule has 5 rings (SSSR count). The van der Waals surface area contributed by atoms with Crippen molar-refractivity contribution in [2.45, 2.75) is 44.7 Å². The second kappa shape index (κ2) is 6.56. The van der Waals surface area contributed by atoms with Crippen LogP contribution in [0.1, 0.15) is 41.3 Å². The fourth-order valence-electron chi connectivity index (χ4n) is 4.48. The number of rotatable bonds is 3. The number of aryl methyl sites for hydroxylation is 2. The molecule has 29 heavy (non-hydrogen) atoms. The Bertz CT molecular complexity index is 1210. The van der Waals surface area contributed by atoms with Gasteiger partial charge in [0.1, 0.15) is 11.1 Å². The van der Waals surface area contributed by atoms with Crippen molar-refractivity contribution in [2.24, 2.45) is 0 Å². The molecule has 3 amide bonds. The van der Waals surface area contributed by atoms with Gasteiger partial charge in [-0.3, -0.25) is 9.69 Å². The van der Waals surface area contributed by atoms with Crippen LogP contribution < -0.4 is 10.9 Å². The molecule has 1 spiro atoms. The first-order valence-electron chi connectivity index (χ1n) is 9.78. The fraction of sp³-hybridized carbons (Fsp3) is 0.318. The largest absolute Gasteiger partial charge is 0.423 e. The van der Waals surface area contributed by atoms with Gasteiger partial charge in [-0.1, -0.05) is 19.1 Å². The zero-order valence-electron chi connectivity index (χ0n) is 16.0. The number of carbonyl (C=O) groups is 2. The van der Waals surface area contributed by atoms with Gasteiger partial charge in [0.25, 0.3) is 5.91 Å². The van der Waals surface area contributed by atoms with Crippen molar-refractivity contribution in [1.29, 1.82) is 0 Å². The normalized spacial score (nSPS) is 21.1. The van der Waals surface area contributed by atoms with E-state index in [4.69, 9.17) is 4.42 Å². The molecular formula is C22H20N2O4S. The Morgan fingerprint density at radius 2 is 2.07 bits per heavy atom. The number of hydrogen-bond donors (Lipinski definition) is 1. The van der Waals surface area contributed by atoms with E-state index in [9.17, 15) is 14.4 Å². The van der Waals surface area contributed by atoms with Crippen LogP contribution in [-0.2, 0) is 29.7 Å². The van der Waals surface area contributed by atoms with Gasteiger partial charge in [-0.25, -0.2) is 9.59 Å². The molecule has 1 saturated heterocycles. The molecule has 3 aromatic rings. The third-order valence-electron chi connectivity index (χ3n) is 5.97. The maximum absolute atomic E-state index is 13.4. The third kappa shape index (κ3) is 2.72. The minimum absolute atomic E-state index is 0.0411. The van der Waals surface area contributed by atoms with Crippen molar-refractivity contribution in [3.8, 4) is 0 Å². The average molecular weight is 408 g/mol. The summed E-state index contributed by atoms with van der Waals surface area (Å²) < 4.78 is 5.35. The summed E-state index contributed by atoms with van der Waals surface area (Å²) in [6.45, 7) is 2.07. The molecule has 0 bridgehead atoms. The molecule has 2 aromatic heterocycles. The Hall–Kier alpha value is -2.93. The monoisotopic (exact) mass is 408 g/mol. The lowest BCUT2D eigenvalue weighted by Crippen LogP contribution is -2.46. The zero-order chi connectivity index (χ0) is 20.2. The van der Waals surface area contributed by atoms with Crippen LogP contribution in [0.25, 0.3) is 11.0 Å². The third-order valence-corrected chi connectivity index (χ3v) is 6.95. The van der Waals surface area contributed by atoms with Gasteiger partial charge in [-0.05, 0) is 54.3 Å². The summed E-state index contributed by atoms with van der Waals surface area (Å²) in [5.41, 5.74) is 1.60. The molecule has 6 nitrogen and oxygen atoms in total. The highest BCUT2D eigenvalue weighted by Gasteiger charge is 2.54. The first-order chi connectivity index (χ1) is 14.0. The molecule has 1 aliphatic heterocycles. The van der Waals surface area contributed by atoms with E-state index in [0.29, 0.717) is 17.6 Å². The lowest BCUT2D eigenvalue weighted by atomic mass is 9.80. The molecule has 0 unspecified atom stereocenters. The molecule has 1 atom stereocenters. The van der Waals surface area contributed by atoms with Gasteiger partial charge in [0.15, 0.2) is 0 Å². The van der Waals surface area contributed by atoms with E-state index in [2.05, 4.69) is 5.32 Å². The number of benzene rings is 1. The Morgan fingerprint density at radius 1 is 1.21 bits per heavy atom. The van der Waals surface area contributed by atoms with E-state index >= 15 is 0 Å². The topological polar surface area (TPSA) is 79.6 Å². The van der Waals surface area contributed by atoms with Gasteiger partial charge >= 0.3 is 11.7 Å². The van der Waals surface area contributed by atoms with Gasteiger partial charge in [0.05, 0.1) is 6.54 Å². The van der Waals surface area contributed by atoms with E-state index < -0.39 is 17.2 Å². The number of amides is 3. The maximum Gasteiger partial charge on any atom is 0.336 e. The fourth-order valence-corrected chi connectivity index (χ4v) is 5.48. The number of nitrogens with one attached hydrogen (secondary N) is 1. The second-order valence-electron chi connectivity index (χ2n) is 7.61. The van der Waals surface area contributed by atoms with Crippen LogP contribution >= 0.6 is 11.3 Å². The van der Waals surface area contributed by atoms with Crippen molar-refractivity contribution < 1.29 is 14.0 Å². The summed E-state index contributed by atoms with van der Waals surface area (Å²) in [7, 11) is 0. The van der Waals surface area contributed by atoms with Crippen LogP contribution in [0.3, 0.4) is 0 Å². The number of fused-ring (bicyclic) bond motifs is 3. The molecule has 0 saturated carbocycles. The summed E-state index contributed by atoms with van der Waals surface area (Å²) in [4.78, 5) is 40.7. The van der Waals surface area contributed by atoms with Gasteiger partial charge < -0.3 is 9.73 Å². The predicted octanol–water partition coefficient (Wildman–Crippen LogP) is 3.70. The summed E-state index contributed by atoms with van der Waals surface area (Å²) >= 11 is 1.63. The highest BCUT2D eigenvalue weighted by atomic mass is 32.1. The maximum atomic E-state index is 13.4. The van der Waals surface area contributed by atoms with Crippen LogP contribution in [0.2, 0.25) is 0 Å². The summed E-state index contributed by atoms with van der Waals surface area (Å²) in [5, 5.41) is 5.67. The van der Waals surface area contributed by atoms with Gasteiger partial charge in [0, 0.05) is 21.9 Å². The number of hydrogen-bond acceptors (Lipinski definition) is 5. The second-order valence-corrected chi connectivity index (χ2v) is 8.61. The Morgan fingerprint density at radius 3 is 2.90 bits per heavy atom. The van der Waals surface area contributed by atoms with Crippen LogP contribution in [0.15, 0.2) is 44.9 Å². The van der Waals surface area contributed by atoms with Crippen LogP contribution in [0.4, 0.5) is 4.79 Å². The van der Waals surface area contributed by atoms with E-state index in [1.54, 1.807) is 11.3 Å². The molecule has 1 fully saturated rings. The van der Waals surface area contributed by atoms with Crippen LogP contribution in [-0.4, -0.2) is 16.8 Å². The molecule has 3 heterocycles. The molecule has 2 aliphatic rings. The average Bonchev–Trinajstić information content (AvgIpc) is 3.28. The molecular weight excluding hydrogens is 388 g/mol. The Labute approximate surface area is 171 Å². The quantitative estimate of drug-likeness (QED) is 0.529. The van der Waals surface area contributed by atoms with E-state index in [-0.39, 0.29) is 12.5 Å². The van der Waals surface area contributed by atoms with Crippen molar-refractivity contribution in [3.05, 3.63) is 67.7 Å². The van der Waals surface area contributed by atoms with E-state index in [0.717, 1.165) is 40.7 Å². The highest BCUT2D eigenvalue weighted by molar-refractivity contribution is 7.10. The SMILES string of the molecule is CCc1ccc2c(CN3C(=O)N[C@@]4(CCCc5sccc54)C3=O)cc(=O)oc2c1. The zero-order valence-corrected chi connectivity index (χ0v) is 16.8. The highest BCUT2D eigenvalue weighted by Crippen LogP contribution is 2.42. The number of thiophene rings is 1. The summed E-state index contributed by atoms with van der Waals surface area (Å²) in [6, 6.07) is 8.60. The van der Waals surface area contributed by atoms with Crippen molar-refractivity contribution >= 4 is 34.2 Å². The molecule has 7 heteroatoms. The number of urea groups is 1. The summed E-state index contributed by atoms with van der Waals surface area (Å²) in [5.74, 6) is -0.242. The molecule has 0 radical (unpaired) electrons. The van der Waals surface area contributed by atoms with Crippen LogP contribution in [0, 0.1) is 0 Å².